The summed E-state index contributed by atoms with van der Waals surface area (Å²) >= 11 is 0. The van der Waals surface area contributed by atoms with Crippen molar-refractivity contribution in [3.63, 3.8) is 0 Å². The number of amides is 1. The van der Waals surface area contributed by atoms with E-state index >= 15 is 0 Å². The molecule has 0 bridgehead atoms. The molecule has 0 aliphatic carbocycles. The smallest absolute Gasteiger partial charge is 0.239 e. The second-order valence-corrected chi connectivity index (χ2v) is 4.67. The summed E-state index contributed by atoms with van der Waals surface area (Å²) in [5.41, 5.74) is 1.09. The van der Waals surface area contributed by atoms with Gasteiger partial charge in [0, 0.05) is 32.0 Å². The van der Waals surface area contributed by atoms with E-state index in [1.165, 1.54) is 0 Å². The molecular weight excluding hydrogens is 369 g/mol. The minimum atomic E-state index is -0.0376. The number of aliphatic imine (C=N–C) groups is 1. The molecule has 1 aromatic heterocycles. The third-order valence-corrected chi connectivity index (χ3v) is 2.50. The van der Waals surface area contributed by atoms with E-state index in [1.54, 1.807) is 7.05 Å². The van der Waals surface area contributed by atoms with E-state index in [9.17, 15) is 4.79 Å². The van der Waals surface area contributed by atoms with Gasteiger partial charge in [-0.3, -0.25) is 9.79 Å². The largest absolute Gasteiger partial charge is 0.364 e. The van der Waals surface area contributed by atoms with Gasteiger partial charge in [-0.1, -0.05) is 0 Å². The molecule has 0 aromatic carbocycles. The van der Waals surface area contributed by atoms with Crippen LogP contribution >= 0.6 is 24.0 Å². The number of guanidine groups is 1. The molecule has 0 saturated heterocycles. The van der Waals surface area contributed by atoms with Crippen molar-refractivity contribution in [2.45, 2.75) is 26.4 Å². The highest BCUT2D eigenvalue weighted by Crippen LogP contribution is 1.99. The van der Waals surface area contributed by atoms with E-state index in [2.05, 4.69) is 20.6 Å². The zero-order valence-corrected chi connectivity index (χ0v) is 14.8. The number of carbonyl (C=O) groups is 1. The predicted octanol–water partition coefficient (Wildman–Crippen LogP) is 1.16. The third kappa shape index (κ3) is 6.78. The lowest BCUT2D eigenvalue weighted by molar-refractivity contribution is -0.120. The number of aromatic amines is 1. The summed E-state index contributed by atoms with van der Waals surface area (Å²) in [6, 6.07) is 4.11. The minimum absolute atomic E-state index is 0. The van der Waals surface area contributed by atoms with Crippen molar-refractivity contribution in [2.75, 3.05) is 20.6 Å². The van der Waals surface area contributed by atoms with Gasteiger partial charge in [0.2, 0.25) is 5.91 Å². The first-order valence-corrected chi connectivity index (χ1v) is 6.36. The highest BCUT2D eigenvalue weighted by molar-refractivity contribution is 14.0. The maximum absolute atomic E-state index is 11.6. The average molecular weight is 393 g/mol. The van der Waals surface area contributed by atoms with Crippen LogP contribution in [0.15, 0.2) is 23.3 Å². The van der Waals surface area contributed by atoms with Crippen LogP contribution in [0.5, 0.6) is 0 Å². The van der Waals surface area contributed by atoms with Gasteiger partial charge < -0.3 is 20.5 Å². The average Bonchev–Trinajstić information content (AvgIpc) is 2.81. The summed E-state index contributed by atoms with van der Waals surface area (Å²) < 4.78 is 0. The van der Waals surface area contributed by atoms with E-state index in [1.807, 2.05) is 44.1 Å². The number of rotatable bonds is 5. The summed E-state index contributed by atoms with van der Waals surface area (Å²) in [7, 11) is 3.63. The molecule has 0 saturated carbocycles. The molecule has 20 heavy (non-hydrogen) atoms. The van der Waals surface area contributed by atoms with E-state index in [0.717, 1.165) is 5.69 Å². The van der Waals surface area contributed by atoms with Gasteiger partial charge in [0.25, 0.3) is 0 Å². The number of carbonyl (C=O) groups excluding carboxylic acids is 1. The summed E-state index contributed by atoms with van der Waals surface area (Å²) in [6.45, 7) is 4.80. The molecule has 0 unspecified atom stereocenters. The van der Waals surface area contributed by atoms with Gasteiger partial charge in [-0.15, -0.1) is 24.0 Å². The van der Waals surface area contributed by atoms with Crippen LogP contribution in [0.3, 0.4) is 0 Å². The Morgan fingerprint density at radius 1 is 1.50 bits per heavy atom. The Bertz CT molecular complexity index is 416. The fourth-order valence-corrected chi connectivity index (χ4v) is 1.71. The molecule has 0 fully saturated rings. The lowest BCUT2D eigenvalue weighted by atomic mass is 10.4. The van der Waals surface area contributed by atoms with Gasteiger partial charge in [0.1, 0.15) is 0 Å². The highest BCUT2D eigenvalue weighted by atomic mass is 127. The van der Waals surface area contributed by atoms with Gasteiger partial charge in [0.05, 0.1) is 13.1 Å². The summed E-state index contributed by atoms with van der Waals surface area (Å²) in [4.78, 5) is 20.8. The molecule has 0 spiro atoms. The first kappa shape index (κ1) is 18.8. The standard InChI is InChI=1S/C13H23N5O.HI/c1-10(2)17-12(19)8-16-13(14-3)18(4)9-11-6-5-7-15-11;/h5-7,10,15H,8-9H2,1-4H3,(H,14,16)(H,17,19);1H. The number of H-pyrrole nitrogens is 1. The van der Waals surface area contributed by atoms with E-state index < -0.39 is 0 Å². The number of halogens is 1. The number of nitrogens with zero attached hydrogens (tertiary/aromatic N) is 2. The fourth-order valence-electron chi connectivity index (χ4n) is 1.71. The Hall–Kier alpha value is -1.25. The van der Waals surface area contributed by atoms with Crippen LogP contribution < -0.4 is 10.6 Å². The Kier molecular flexibility index (Phi) is 9.02. The van der Waals surface area contributed by atoms with Crippen LogP contribution in [0.1, 0.15) is 19.5 Å². The molecule has 1 aromatic rings. The molecule has 3 N–H and O–H groups in total. The molecule has 7 heteroatoms. The maximum atomic E-state index is 11.6. The number of nitrogens with one attached hydrogen (secondary N) is 3. The van der Waals surface area contributed by atoms with Crippen molar-refractivity contribution in [3.05, 3.63) is 24.0 Å². The van der Waals surface area contributed by atoms with Crippen molar-refractivity contribution < 1.29 is 4.79 Å². The molecular formula is C13H24IN5O. The van der Waals surface area contributed by atoms with Crippen LogP contribution in [-0.4, -0.2) is 48.4 Å². The van der Waals surface area contributed by atoms with Gasteiger partial charge in [-0.05, 0) is 26.0 Å². The molecule has 114 valence electrons. The molecule has 0 atom stereocenters. The third-order valence-electron chi connectivity index (χ3n) is 2.50. The molecule has 0 aliphatic heterocycles. The lowest BCUT2D eigenvalue weighted by Crippen LogP contribution is -2.45. The fraction of sp³-hybridized carbons (Fsp3) is 0.538. The molecule has 1 rings (SSSR count). The molecule has 0 radical (unpaired) electrons. The monoisotopic (exact) mass is 393 g/mol. The van der Waals surface area contributed by atoms with Crippen molar-refractivity contribution in [1.29, 1.82) is 0 Å². The van der Waals surface area contributed by atoms with Crippen LogP contribution in [0.4, 0.5) is 0 Å². The normalized spacial score (nSPS) is 10.9. The lowest BCUT2D eigenvalue weighted by Gasteiger charge is -2.21. The molecule has 6 nitrogen and oxygen atoms in total. The summed E-state index contributed by atoms with van der Waals surface area (Å²) in [5, 5.41) is 5.86. The Morgan fingerprint density at radius 2 is 2.20 bits per heavy atom. The predicted molar refractivity (Wildman–Crippen MR) is 92.3 cm³/mol. The number of hydrogen-bond donors (Lipinski definition) is 3. The second-order valence-electron chi connectivity index (χ2n) is 4.67. The SMILES string of the molecule is CN=C(NCC(=O)NC(C)C)N(C)Cc1ccc[nH]1.I. The quantitative estimate of drug-likeness (QED) is 0.400. The minimum Gasteiger partial charge on any atom is -0.364 e. The number of aromatic nitrogens is 1. The van der Waals surface area contributed by atoms with Gasteiger partial charge in [0.15, 0.2) is 5.96 Å². The molecule has 1 amide bonds. The second kappa shape index (κ2) is 9.62. The summed E-state index contributed by atoms with van der Waals surface area (Å²) in [5.74, 6) is 0.651. The van der Waals surface area contributed by atoms with Crippen LogP contribution in [0.2, 0.25) is 0 Å². The Labute approximate surface area is 137 Å². The molecule has 0 aliphatic rings. The zero-order chi connectivity index (χ0) is 14.3. The van der Waals surface area contributed by atoms with Gasteiger partial charge in [-0.25, -0.2) is 0 Å². The topological polar surface area (TPSA) is 72.5 Å². The summed E-state index contributed by atoms with van der Waals surface area (Å²) in [6.07, 6.45) is 1.88. The van der Waals surface area contributed by atoms with Crippen molar-refractivity contribution in [1.82, 2.24) is 20.5 Å². The van der Waals surface area contributed by atoms with Crippen molar-refractivity contribution in [2.24, 2.45) is 4.99 Å². The van der Waals surface area contributed by atoms with E-state index in [-0.39, 0.29) is 42.5 Å². The van der Waals surface area contributed by atoms with Gasteiger partial charge in [-0.2, -0.15) is 0 Å². The van der Waals surface area contributed by atoms with Crippen LogP contribution in [0, 0.1) is 0 Å². The maximum Gasteiger partial charge on any atom is 0.239 e. The van der Waals surface area contributed by atoms with Crippen LogP contribution in [0.25, 0.3) is 0 Å². The van der Waals surface area contributed by atoms with E-state index in [0.29, 0.717) is 12.5 Å². The Balaban J connectivity index is 0.00000361. The highest BCUT2D eigenvalue weighted by Gasteiger charge is 2.09. The van der Waals surface area contributed by atoms with Gasteiger partial charge >= 0.3 is 0 Å². The first-order chi connectivity index (χ1) is 9.02. The van der Waals surface area contributed by atoms with Crippen LogP contribution in [-0.2, 0) is 11.3 Å². The van der Waals surface area contributed by atoms with Crippen molar-refractivity contribution >= 4 is 35.8 Å². The first-order valence-electron chi connectivity index (χ1n) is 6.36. The molecule has 1 heterocycles. The van der Waals surface area contributed by atoms with E-state index in [4.69, 9.17) is 0 Å². The zero-order valence-electron chi connectivity index (χ0n) is 12.4. The Morgan fingerprint density at radius 3 is 2.70 bits per heavy atom. The number of hydrogen-bond acceptors (Lipinski definition) is 2. The van der Waals surface area contributed by atoms with Crippen molar-refractivity contribution in [3.8, 4) is 0 Å².